The van der Waals surface area contributed by atoms with E-state index in [1.54, 1.807) is 0 Å². The molecule has 0 aliphatic rings. The molecule has 0 aliphatic carbocycles. The largest absolute Gasteiger partial charge is 0.312 e. The Kier molecular flexibility index (Phi) is 6.47. The van der Waals surface area contributed by atoms with Gasteiger partial charge in [0.25, 0.3) is 0 Å². The van der Waals surface area contributed by atoms with E-state index in [2.05, 4.69) is 60.2 Å². The van der Waals surface area contributed by atoms with E-state index in [1.165, 1.54) is 10.5 Å². The van der Waals surface area contributed by atoms with E-state index >= 15 is 0 Å². The quantitative estimate of drug-likeness (QED) is 0.786. The van der Waals surface area contributed by atoms with Crippen LogP contribution in [0.2, 0.25) is 0 Å². The van der Waals surface area contributed by atoms with Crippen molar-refractivity contribution in [3.8, 4) is 0 Å². The van der Waals surface area contributed by atoms with Gasteiger partial charge in [-0.1, -0.05) is 42.8 Å². The Morgan fingerprint density at radius 2 is 2.12 bits per heavy atom. The molecule has 1 aromatic rings. The summed E-state index contributed by atoms with van der Waals surface area (Å²) in [4.78, 5) is 1.38. The molecule has 1 rings (SSSR count). The van der Waals surface area contributed by atoms with Gasteiger partial charge in [0.1, 0.15) is 0 Å². The standard InChI is InChI=1S/C13H20BrNS/c1-4-16-13-7-12(14)6-5-11(13)9-15-8-10(2)3/h5-7,10,15H,4,8-9H2,1-3H3. The number of thioether (sulfide) groups is 1. The molecule has 0 bridgehead atoms. The van der Waals surface area contributed by atoms with Crippen molar-refractivity contribution in [2.45, 2.75) is 32.2 Å². The van der Waals surface area contributed by atoms with Gasteiger partial charge in [0.05, 0.1) is 0 Å². The van der Waals surface area contributed by atoms with Crippen molar-refractivity contribution in [2.24, 2.45) is 5.92 Å². The van der Waals surface area contributed by atoms with Gasteiger partial charge in [-0.05, 0) is 35.9 Å². The molecule has 1 nitrogen and oxygen atoms in total. The van der Waals surface area contributed by atoms with E-state index in [9.17, 15) is 0 Å². The summed E-state index contributed by atoms with van der Waals surface area (Å²) in [6.45, 7) is 8.70. The zero-order chi connectivity index (χ0) is 12.0. The lowest BCUT2D eigenvalue weighted by Crippen LogP contribution is -2.19. The van der Waals surface area contributed by atoms with Crippen LogP contribution >= 0.6 is 27.7 Å². The molecule has 3 heteroatoms. The number of rotatable bonds is 6. The first-order chi connectivity index (χ1) is 7.63. The Bertz CT molecular complexity index is 326. The summed E-state index contributed by atoms with van der Waals surface area (Å²) in [7, 11) is 0. The Hall–Kier alpha value is 0.01000. The first-order valence-electron chi connectivity index (χ1n) is 5.75. The molecular weight excluding hydrogens is 282 g/mol. The fourth-order valence-corrected chi connectivity index (χ4v) is 2.82. The average molecular weight is 302 g/mol. The number of nitrogens with one attached hydrogen (secondary N) is 1. The van der Waals surface area contributed by atoms with Crippen LogP contribution in [-0.2, 0) is 6.54 Å². The fraction of sp³-hybridized carbons (Fsp3) is 0.538. The summed E-state index contributed by atoms with van der Waals surface area (Å²) < 4.78 is 1.16. The summed E-state index contributed by atoms with van der Waals surface area (Å²) in [6.07, 6.45) is 0. The third kappa shape index (κ3) is 4.89. The third-order valence-electron chi connectivity index (χ3n) is 2.20. The molecule has 0 amide bonds. The highest BCUT2D eigenvalue weighted by atomic mass is 79.9. The van der Waals surface area contributed by atoms with Gasteiger partial charge in [-0.25, -0.2) is 0 Å². The van der Waals surface area contributed by atoms with Crippen LogP contribution in [0, 0.1) is 5.92 Å². The molecule has 0 unspecified atom stereocenters. The minimum Gasteiger partial charge on any atom is -0.312 e. The zero-order valence-electron chi connectivity index (χ0n) is 10.2. The lowest BCUT2D eigenvalue weighted by molar-refractivity contribution is 0.550. The van der Waals surface area contributed by atoms with Crippen molar-refractivity contribution < 1.29 is 0 Å². The van der Waals surface area contributed by atoms with Crippen LogP contribution in [0.4, 0.5) is 0 Å². The van der Waals surface area contributed by atoms with Crippen LogP contribution in [0.15, 0.2) is 27.6 Å². The zero-order valence-corrected chi connectivity index (χ0v) is 12.6. The monoisotopic (exact) mass is 301 g/mol. The SMILES string of the molecule is CCSc1cc(Br)ccc1CNCC(C)C. The number of halogens is 1. The van der Waals surface area contributed by atoms with Crippen LogP contribution in [0.3, 0.4) is 0 Å². The van der Waals surface area contributed by atoms with E-state index in [4.69, 9.17) is 0 Å². The van der Waals surface area contributed by atoms with E-state index in [0.717, 1.165) is 23.3 Å². The van der Waals surface area contributed by atoms with Crippen molar-refractivity contribution in [1.29, 1.82) is 0 Å². The average Bonchev–Trinajstić information content (AvgIpc) is 2.21. The van der Waals surface area contributed by atoms with Gasteiger partial charge in [-0.3, -0.25) is 0 Å². The normalized spacial score (nSPS) is 11.1. The molecule has 0 fully saturated rings. The van der Waals surface area contributed by atoms with Crippen LogP contribution in [-0.4, -0.2) is 12.3 Å². The van der Waals surface area contributed by atoms with Gasteiger partial charge in [-0.2, -0.15) is 0 Å². The molecule has 0 heterocycles. The highest BCUT2D eigenvalue weighted by molar-refractivity contribution is 9.10. The predicted octanol–water partition coefficient (Wildman–Crippen LogP) is 4.31. The van der Waals surface area contributed by atoms with Gasteiger partial charge in [0.15, 0.2) is 0 Å². The lowest BCUT2D eigenvalue weighted by Gasteiger charge is -2.11. The van der Waals surface area contributed by atoms with Gasteiger partial charge >= 0.3 is 0 Å². The van der Waals surface area contributed by atoms with Crippen LogP contribution in [0.25, 0.3) is 0 Å². The molecule has 16 heavy (non-hydrogen) atoms. The molecule has 0 atom stereocenters. The maximum absolute atomic E-state index is 3.52. The van der Waals surface area contributed by atoms with Gasteiger partial charge in [0.2, 0.25) is 0 Å². The minimum absolute atomic E-state index is 0.706. The van der Waals surface area contributed by atoms with Crippen molar-refractivity contribution in [1.82, 2.24) is 5.32 Å². The molecular formula is C13H20BrNS. The van der Waals surface area contributed by atoms with Crippen molar-refractivity contribution in [2.75, 3.05) is 12.3 Å². The van der Waals surface area contributed by atoms with E-state index in [0.29, 0.717) is 5.92 Å². The molecule has 0 saturated carbocycles. The number of hydrogen-bond donors (Lipinski definition) is 1. The van der Waals surface area contributed by atoms with Gasteiger partial charge in [-0.15, -0.1) is 11.8 Å². The first-order valence-corrected chi connectivity index (χ1v) is 7.53. The third-order valence-corrected chi connectivity index (χ3v) is 3.67. The lowest BCUT2D eigenvalue weighted by atomic mass is 10.2. The van der Waals surface area contributed by atoms with Crippen molar-refractivity contribution >= 4 is 27.7 Å². The molecule has 1 N–H and O–H groups in total. The topological polar surface area (TPSA) is 12.0 Å². The molecule has 0 radical (unpaired) electrons. The second kappa shape index (κ2) is 7.36. The molecule has 90 valence electrons. The Morgan fingerprint density at radius 1 is 1.38 bits per heavy atom. The highest BCUT2D eigenvalue weighted by Gasteiger charge is 2.03. The number of hydrogen-bond acceptors (Lipinski definition) is 2. The molecule has 0 saturated heterocycles. The molecule has 0 aromatic heterocycles. The molecule has 0 aliphatic heterocycles. The second-order valence-corrected chi connectivity index (χ2v) is 6.43. The Morgan fingerprint density at radius 3 is 2.75 bits per heavy atom. The van der Waals surface area contributed by atoms with Crippen LogP contribution < -0.4 is 5.32 Å². The molecule has 1 aromatic carbocycles. The summed E-state index contributed by atoms with van der Waals surface area (Å²) in [5.41, 5.74) is 1.40. The highest BCUT2D eigenvalue weighted by Crippen LogP contribution is 2.26. The van der Waals surface area contributed by atoms with E-state index in [-0.39, 0.29) is 0 Å². The smallest absolute Gasteiger partial charge is 0.0216 e. The first kappa shape index (κ1) is 14.1. The maximum atomic E-state index is 3.52. The summed E-state index contributed by atoms with van der Waals surface area (Å²) in [5.74, 6) is 1.82. The van der Waals surface area contributed by atoms with Gasteiger partial charge in [0, 0.05) is 15.9 Å². The number of benzene rings is 1. The second-order valence-electron chi connectivity index (χ2n) is 4.21. The maximum Gasteiger partial charge on any atom is 0.0216 e. The Balaban J connectivity index is 2.63. The van der Waals surface area contributed by atoms with Gasteiger partial charge < -0.3 is 5.32 Å². The predicted molar refractivity (Wildman–Crippen MR) is 77.1 cm³/mol. The van der Waals surface area contributed by atoms with Crippen LogP contribution in [0.5, 0.6) is 0 Å². The van der Waals surface area contributed by atoms with E-state index < -0.39 is 0 Å². The summed E-state index contributed by atoms with van der Waals surface area (Å²) in [5, 5.41) is 3.49. The van der Waals surface area contributed by atoms with Crippen molar-refractivity contribution in [3.05, 3.63) is 28.2 Å². The summed E-state index contributed by atoms with van der Waals surface area (Å²) >= 11 is 5.43. The fourth-order valence-electron chi connectivity index (χ4n) is 1.46. The minimum atomic E-state index is 0.706. The summed E-state index contributed by atoms with van der Waals surface area (Å²) in [6, 6.07) is 6.53. The Labute approximate surface area is 112 Å². The van der Waals surface area contributed by atoms with Crippen LogP contribution in [0.1, 0.15) is 26.3 Å². The van der Waals surface area contributed by atoms with Crippen molar-refractivity contribution in [3.63, 3.8) is 0 Å². The van der Waals surface area contributed by atoms with E-state index in [1.807, 2.05) is 11.8 Å². The molecule has 0 spiro atoms.